The Bertz CT molecular complexity index is 944. The predicted octanol–water partition coefficient (Wildman–Crippen LogP) is 2.17. The molecule has 0 saturated carbocycles. The van der Waals surface area contributed by atoms with Gasteiger partial charge in [0.1, 0.15) is 18.1 Å². The predicted molar refractivity (Wildman–Crippen MR) is 93.0 cm³/mol. The number of benzene rings is 1. The molecule has 1 saturated heterocycles. The van der Waals surface area contributed by atoms with Crippen LogP contribution in [0.1, 0.15) is 16.1 Å². The van der Waals surface area contributed by atoms with Crippen molar-refractivity contribution in [2.45, 2.75) is 0 Å². The van der Waals surface area contributed by atoms with E-state index >= 15 is 0 Å². The van der Waals surface area contributed by atoms with Crippen LogP contribution in [-0.2, 0) is 9.59 Å². The maximum absolute atomic E-state index is 12.1. The summed E-state index contributed by atoms with van der Waals surface area (Å²) in [4.78, 5) is 46.6. The molecule has 0 spiro atoms. The monoisotopic (exact) mass is 372 g/mol. The van der Waals surface area contributed by atoms with Gasteiger partial charge in [-0.05, 0) is 36.0 Å². The Hall–Kier alpha value is -3.33. The number of imide groups is 1. The molecule has 3 amide bonds. The van der Waals surface area contributed by atoms with Crippen LogP contribution >= 0.6 is 11.8 Å². The van der Waals surface area contributed by atoms with Gasteiger partial charge in [-0.1, -0.05) is 12.1 Å². The maximum Gasteiger partial charge on any atom is 0.335 e. The van der Waals surface area contributed by atoms with E-state index in [1.807, 2.05) is 0 Å². The molecule has 132 valence electrons. The highest BCUT2D eigenvalue weighted by Gasteiger charge is 2.36. The fraction of sp³-hybridized carbons (Fsp3) is 0.0588. The number of carbonyl (C=O) groups is 4. The topological polar surface area (TPSA) is 131 Å². The Balaban J connectivity index is 1.81. The van der Waals surface area contributed by atoms with Gasteiger partial charge in [0.15, 0.2) is 0 Å². The number of primary amides is 1. The highest BCUT2D eigenvalue weighted by molar-refractivity contribution is 8.18. The van der Waals surface area contributed by atoms with Crippen molar-refractivity contribution < 1.29 is 28.7 Å². The Morgan fingerprint density at radius 1 is 1.15 bits per heavy atom. The summed E-state index contributed by atoms with van der Waals surface area (Å²) in [6, 6.07) is 9.39. The number of carboxylic acids is 1. The maximum atomic E-state index is 12.1. The lowest BCUT2D eigenvalue weighted by Gasteiger charge is -2.08. The molecule has 9 heteroatoms. The molecule has 0 bridgehead atoms. The van der Waals surface area contributed by atoms with Crippen LogP contribution in [0.25, 0.3) is 17.4 Å². The van der Waals surface area contributed by atoms with Crippen LogP contribution in [0.3, 0.4) is 0 Å². The lowest BCUT2D eigenvalue weighted by molar-refractivity contribution is -0.127. The molecule has 3 N–H and O–H groups in total. The van der Waals surface area contributed by atoms with Gasteiger partial charge < -0.3 is 15.3 Å². The lowest BCUT2D eigenvalue weighted by Crippen LogP contribution is -2.36. The largest absolute Gasteiger partial charge is 0.478 e. The average molecular weight is 372 g/mol. The second-order valence-electron chi connectivity index (χ2n) is 5.32. The minimum atomic E-state index is -1.02. The molecule has 1 aromatic carbocycles. The molecule has 1 fully saturated rings. The summed E-state index contributed by atoms with van der Waals surface area (Å²) in [7, 11) is 0. The molecule has 0 radical (unpaired) electrons. The Labute approximate surface area is 151 Å². The van der Waals surface area contributed by atoms with E-state index in [0.29, 0.717) is 28.8 Å². The molecule has 0 aliphatic carbocycles. The smallest absolute Gasteiger partial charge is 0.335 e. The van der Waals surface area contributed by atoms with Gasteiger partial charge in [-0.3, -0.25) is 19.3 Å². The first kappa shape index (κ1) is 17.5. The molecule has 2 heterocycles. The Kier molecular flexibility index (Phi) is 4.63. The van der Waals surface area contributed by atoms with Crippen LogP contribution in [-0.4, -0.2) is 39.6 Å². The lowest BCUT2D eigenvalue weighted by atomic mass is 10.1. The van der Waals surface area contributed by atoms with Crippen molar-refractivity contribution in [3.05, 3.63) is 52.6 Å². The summed E-state index contributed by atoms with van der Waals surface area (Å²) in [5.74, 6) is -1.60. The third kappa shape index (κ3) is 3.52. The molecule has 0 atom stereocenters. The van der Waals surface area contributed by atoms with E-state index in [4.69, 9.17) is 15.3 Å². The van der Waals surface area contributed by atoms with Crippen LogP contribution in [0.2, 0.25) is 0 Å². The first-order valence-electron chi connectivity index (χ1n) is 7.32. The number of amides is 3. The number of carboxylic acid groups (broad SMARTS) is 1. The number of carbonyl (C=O) groups excluding carboxylic acids is 3. The van der Waals surface area contributed by atoms with Crippen LogP contribution in [0.4, 0.5) is 4.79 Å². The van der Waals surface area contributed by atoms with Crippen molar-refractivity contribution in [2.24, 2.45) is 5.73 Å². The van der Waals surface area contributed by atoms with Gasteiger partial charge in [-0.15, -0.1) is 0 Å². The molecule has 1 aliphatic heterocycles. The SMILES string of the molecule is NC(=O)CN1C(=O)S/C(=C\c2ccc(-c3ccc(C(=O)O)cc3)o2)C1=O. The van der Waals surface area contributed by atoms with Gasteiger partial charge in [0, 0.05) is 11.6 Å². The van der Waals surface area contributed by atoms with E-state index in [0.717, 1.165) is 4.90 Å². The average Bonchev–Trinajstić information content (AvgIpc) is 3.15. The van der Waals surface area contributed by atoms with Crippen LogP contribution in [0.15, 0.2) is 45.7 Å². The van der Waals surface area contributed by atoms with Crippen molar-refractivity contribution in [2.75, 3.05) is 6.54 Å². The van der Waals surface area contributed by atoms with Crippen molar-refractivity contribution in [3.63, 3.8) is 0 Å². The quantitative estimate of drug-likeness (QED) is 0.769. The summed E-state index contributed by atoms with van der Waals surface area (Å²) in [6.07, 6.45) is 1.40. The number of hydrogen-bond donors (Lipinski definition) is 2. The van der Waals surface area contributed by atoms with E-state index in [-0.39, 0.29) is 10.5 Å². The van der Waals surface area contributed by atoms with E-state index in [1.165, 1.54) is 18.2 Å². The van der Waals surface area contributed by atoms with Crippen molar-refractivity contribution >= 4 is 40.9 Å². The summed E-state index contributed by atoms with van der Waals surface area (Å²) >= 11 is 0.694. The highest BCUT2D eigenvalue weighted by Crippen LogP contribution is 2.33. The van der Waals surface area contributed by atoms with Crippen LogP contribution in [0, 0.1) is 0 Å². The fourth-order valence-corrected chi connectivity index (χ4v) is 3.10. The van der Waals surface area contributed by atoms with Crippen molar-refractivity contribution in [1.29, 1.82) is 0 Å². The number of rotatable bonds is 5. The highest BCUT2D eigenvalue weighted by atomic mass is 32.2. The zero-order chi connectivity index (χ0) is 18.8. The summed E-state index contributed by atoms with van der Waals surface area (Å²) in [5.41, 5.74) is 5.84. The molecule has 1 aliphatic rings. The molecule has 3 rings (SSSR count). The fourth-order valence-electron chi connectivity index (χ4n) is 2.28. The molecule has 2 aromatic rings. The zero-order valence-electron chi connectivity index (χ0n) is 13.2. The van der Waals surface area contributed by atoms with Gasteiger partial charge in [-0.2, -0.15) is 0 Å². The van der Waals surface area contributed by atoms with Gasteiger partial charge in [0.2, 0.25) is 5.91 Å². The van der Waals surface area contributed by atoms with Gasteiger partial charge in [0.05, 0.1) is 10.5 Å². The second kappa shape index (κ2) is 6.89. The van der Waals surface area contributed by atoms with E-state index in [9.17, 15) is 19.2 Å². The van der Waals surface area contributed by atoms with Crippen molar-refractivity contribution in [1.82, 2.24) is 4.90 Å². The Morgan fingerprint density at radius 2 is 1.85 bits per heavy atom. The second-order valence-corrected chi connectivity index (χ2v) is 6.31. The number of nitrogens with two attached hydrogens (primary N) is 1. The van der Waals surface area contributed by atoms with E-state index in [1.54, 1.807) is 24.3 Å². The number of aromatic carboxylic acids is 1. The molecule has 0 unspecified atom stereocenters. The van der Waals surface area contributed by atoms with E-state index in [2.05, 4.69) is 0 Å². The first-order valence-corrected chi connectivity index (χ1v) is 8.14. The van der Waals surface area contributed by atoms with Crippen LogP contribution in [0.5, 0.6) is 0 Å². The van der Waals surface area contributed by atoms with Crippen molar-refractivity contribution in [3.8, 4) is 11.3 Å². The summed E-state index contributed by atoms with van der Waals surface area (Å²) in [5, 5.41) is 8.33. The van der Waals surface area contributed by atoms with Gasteiger partial charge >= 0.3 is 5.97 Å². The third-order valence-electron chi connectivity index (χ3n) is 3.50. The van der Waals surface area contributed by atoms with E-state index < -0.39 is 29.6 Å². The summed E-state index contributed by atoms with van der Waals surface area (Å²) in [6.45, 7) is -0.471. The third-order valence-corrected chi connectivity index (χ3v) is 4.41. The molecule has 26 heavy (non-hydrogen) atoms. The zero-order valence-corrected chi connectivity index (χ0v) is 14.0. The molecular formula is C17H12N2O6S. The first-order chi connectivity index (χ1) is 12.3. The minimum absolute atomic E-state index is 0.123. The van der Waals surface area contributed by atoms with Gasteiger partial charge in [0.25, 0.3) is 11.1 Å². The van der Waals surface area contributed by atoms with Gasteiger partial charge in [-0.25, -0.2) is 4.79 Å². The standard InChI is InChI=1S/C17H12N2O6S/c18-14(20)8-19-15(21)13(26-17(19)24)7-11-5-6-12(25-11)9-1-3-10(4-2-9)16(22)23/h1-7H,8H2,(H2,18,20)(H,22,23)/b13-7-. The number of furan rings is 1. The minimum Gasteiger partial charge on any atom is -0.478 e. The molecular weight excluding hydrogens is 360 g/mol. The molecule has 1 aromatic heterocycles. The number of nitrogens with zero attached hydrogens (tertiary/aromatic N) is 1. The molecule has 8 nitrogen and oxygen atoms in total. The number of hydrogen-bond acceptors (Lipinski definition) is 6. The summed E-state index contributed by atoms with van der Waals surface area (Å²) < 4.78 is 5.62. The van der Waals surface area contributed by atoms with Crippen LogP contribution < -0.4 is 5.73 Å². The number of thioether (sulfide) groups is 1. The normalized spacial score (nSPS) is 15.7. The Morgan fingerprint density at radius 3 is 2.46 bits per heavy atom.